The number of nitrogens with zero attached hydrogens (tertiary/aromatic N) is 4. The van der Waals surface area contributed by atoms with E-state index in [4.69, 9.17) is 4.98 Å². The van der Waals surface area contributed by atoms with Crippen LogP contribution in [0.4, 0.5) is 0 Å². The largest absolute Gasteiger partial charge is 0.391 e. The van der Waals surface area contributed by atoms with Crippen molar-refractivity contribution in [3.63, 3.8) is 0 Å². The molecule has 7 nitrogen and oxygen atoms in total. The molecular formula is C24H23N5O2. The number of carbonyl (C=O) groups excluding carboxylic acids is 1. The number of H-pyrrole nitrogens is 1. The Kier molecular flexibility index (Phi) is 4.95. The quantitative estimate of drug-likeness (QED) is 0.536. The van der Waals surface area contributed by atoms with Crippen molar-refractivity contribution in [2.45, 2.75) is 19.4 Å². The molecule has 2 N–H and O–H groups in total. The lowest BCUT2D eigenvalue weighted by Crippen LogP contribution is -2.30. The molecule has 3 aromatic heterocycles. The van der Waals surface area contributed by atoms with Gasteiger partial charge < -0.3 is 10.0 Å². The number of carbonyl (C=O) groups is 1. The molecular weight excluding hydrogens is 390 g/mol. The minimum atomic E-state index is -0.577. The fourth-order valence-electron chi connectivity index (χ4n) is 4.25. The van der Waals surface area contributed by atoms with Crippen LogP contribution in [0.1, 0.15) is 21.7 Å². The molecule has 0 aliphatic carbocycles. The fraction of sp³-hybridized carbons (Fsp3) is 0.250. The number of nitrogens with one attached hydrogen (secondary N) is 1. The topological polar surface area (TPSA) is 95.0 Å². The normalized spacial score (nSPS) is 18.6. The van der Waals surface area contributed by atoms with Crippen molar-refractivity contribution < 1.29 is 9.90 Å². The van der Waals surface area contributed by atoms with E-state index in [1.165, 1.54) is 0 Å². The van der Waals surface area contributed by atoms with E-state index in [2.05, 4.69) is 15.2 Å². The van der Waals surface area contributed by atoms with Gasteiger partial charge in [0.15, 0.2) is 0 Å². The standard InChI is InChI=1S/C24H23N5O2/c1-15-9-18(28-27-15)10-17-13-29(14-23(17)30)24(31)20-11-22(16-5-4-8-25-12-16)26-21-7-3-2-6-19(20)21/h2-9,11-12,17,23,30H,10,13-14H2,1H3,(H,27,28)/t17-,23+/m1/s1. The summed E-state index contributed by atoms with van der Waals surface area (Å²) in [7, 11) is 0. The predicted octanol–water partition coefficient (Wildman–Crippen LogP) is 3.00. The second kappa shape index (κ2) is 7.92. The van der Waals surface area contributed by atoms with Crippen LogP contribution in [0.5, 0.6) is 0 Å². The number of para-hydroxylation sites is 1. The molecule has 1 aliphatic heterocycles. The van der Waals surface area contributed by atoms with Gasteiger partial charge >= 0.3 is 0 Å². The molecule has 1 fully saturated rings. The minimum Gasteiger partial charge on any atom is -0.391 e. The molecule has 1 saturated heterocycles. The first-order chi connectivity index (χ1) is 15.1. The van der Waals surface area contributed by atoms with Crippen LogP contribution in [0.25, 0.3) is 22.2 Å². The first-order valence-electron chi connectivity index (χ1n) is 10.4. The SMILES string of the molecule is Cc1cc(C[C@@H]2CN(C(=O)c3cc(-c4cccnc4)nc4ccccc34)C[C@@H]2O)n[nH]1. The van der Waals surface area contributed by atoms with E-state index in [0.717, 1.165) is 27.9 Å². The van der Waals surface area contributed by atoms with Gasteiger partial charge in [-0.3, -0.25) is 14.9 Å². The lowest BCUT2D eigenvalue weighted by Gasteiger charge is -2.18. The Bertz CT molecular complexity index is 1240. The van der Waals surface area contributed by atoms with Crippen LogP contribution in [-0.2, 0) is 6.42 Å². The van der Waals surface area contributed by atoms with Gasteiger partial charge in [-0.15, -0.1) is 0 Å². The number of aliphatic hydroxyl groups is 1. The summed E-state index contributed by atoms with van der Waals surface area (Å²) in [5.74, 6) is -0.138. The third-order valence-corrected chi connectivity index (χ3v) is 5.83. The Morgan fingerprint density at radius 1 is 1.19 bits per heavy atom. The van der Waals surface area contributed by atoms with Crippen LogP contribution < -0.4 is 0 Å². The number of aromatic amines is 1. The average molecular weight is 413 g/mol. The highest BCUT2D eigenvalue weighted by Crippen LogP contribution is 2.28. The number of benzene rings is 1. The third-order valence-electron chi connectivity index (χ3n) is 5.83. The predicted molar refractivity (Wildman–Crippen MR) is 117 cm³/mol. The van der Waals surface area contributed by atoms with Gasteiger partial charge in [-0.2, -0.15) is 5.10 Å². The molecule has 156 valence electrons. The summed E-state index contributed by atoms with van der Waals surface area (Å²) in [6.07, 6.45) is 3.51. The zero-order valence-electron chi connectivity index (χ0n) is 17.2. The summed E-state index contributed by atoms with van der Waals surface area (Å²) in [6.45, 7) is 2.75. The number of hydrogen-bond acceptors (Lipinski definition) is 5. The minimum absolute atomic E-state index is 0.0439. The zero-order chi connectivity index (χ0) is 21.4. The van der Waals surface area contributed by atoms with Crippen LogP contribution >= 0.6 is 0 Å². The van der Waals surface area contributed by atoms with Crippen LogP contribution in [0.3, 0.4) is 0 Å². The maximum Gasteiger partial charge on any atom is 0.254 e. The molecule has 4 aromatic rings. The molecule has 1 amide bonds. The maximum atomic E-state index is 13.5. The van der Waals surface area contributed by atoms with Crippen LogP contribution in [-0.4, -0.2) is 55.3 Å². The van der Waals surface area contributed by atoms with Gasteiger partial charge in [-0.25, -0.2) is 4.98 Å². The molecule has 0 bridgehead atoms. The van der Waals surface area contributed by atoms with Gasteiger partial charge in [0.25, 0.3) is 5.91 Å². The summed E-state index contributed by atoms with van der Waals surface area (Å²) in [4.78, 5) is 24.2. The highest BCUT2D eigenvalue weighted by atomic mass is 16.3. The van der Waals surface area contributed by atoms with Crippen molar-refractivity contribution in [1.29, 1.82) is 0 Å². The molecule has 1 aromatic carbocycles. The van der Waals surface area contributed by atoms with Crippen molar-refractivity contribution in [2.24, 2.45) is 5.92 Å². The highest BCUT2D eigenvalue weighted by Gasteiger charge is 2.35. The summed E-state index contributed by atoms with van der Waals surface area (Å²) in [5, 5.41) is 18.6. The number of rotatable bonds is 4. The van der Waals surface area contributed by atoms with E-state index >= 15 is 0 Å². The number of amides is 1. The number of pyridine rings is 2. The molecule has 0 saturated carbocycles. The smallest absolute Gasteiger partial charge is 0.254 e. The number of aromatic nitrogens is 4. The Hall–Kier alpha value is -3.58. The molecule has 0 radical (unpaired) electrons. The lowest BCUT2D eigenvalue weighted by atomic mass is 10.00. The van der Waals surface area contributed by atoms with Crippen molar-refractivity contribution >= 4 is 16.8 Å². The number of hydrogen-bond donors (Lipinski definition) is 2. The van der Waals surface area contributed by atoms with Gasteiger partial charge in [0.05, 0.1) is 28.6 Å². The number of aryl methyl sites for hydroxylation is 1. The Morgan fingerprint density at radius 3 is 2.84 bits per heavy atom. The van der Waals surface area contributed by atoms with E-state index in [9.17, 15) is 9.90 Å². The Balaban J connectivity index is 1.46. The summed E-state index contributed by atoms with van der Waals surface area (Å²) >= 11 is 0. The van der Waals surface area contributed by atoms with Gasteiger partial charge in [-0.1, -0.05) is 18.2 Å². The van der Waals surface area contributed by atoms with Crippen LogP contribution in [0.15, 0.2) is 60.9 Å². The molecule has 7 heteroatoms. The van der Waals surface area contributed by atoms with E-state index < -0.39 is 6.10 Å². The van der Waals surface area contributed by atoms with Crippen molar-refractivity contribution in [1.82, 2.24) is 25.1 Å². The van der Waals surface area contributed by atoms with Crippen LogP contribution in [0, 0.1) is 12.8 Å². The number of aliphatic hydroxyl groups excluding tert-OH is 1. The summed E-state index contributed by atoms with van der Waals surface area (Å²) in [6, 6.07) is 15.2. The summed E-state index contributed by atoms with van der Waals surface area (Å²) in [5.41, 5.74) is 4.81. The Morgan fingerprint density at radius 2 is 2.06 bits per heavy atom. The zero-order valence-corrected chi connectivity index (χ0v) is 17.2. The molecule has 31 heavy (non-hydrogen) atoms. The number of likely N-dealkylation sites (tertiary alicyclic amines) is 1. The average Bonchev–Trinajstić information content (AvgIpc) is 3.38. The van der Waals surface area contributed by atoms with E-state index in [1.54, 1.807) is 17.3 Å². The molecule has 0 unspecified atom stereocenters. The number of fused-ring (bicyclic) bond motifs is 1. The van der Waals surface area contributed by atoms with Gasteiger partial charge in [-0.05, 0) is 43.7 Å². The van der Waals surface area contributed by atoms with Crippen LogP contribution in [0.2, 0.25) is 0 Å². The van der Waals surface area contributed by atoms with Gasteiger partial charge in [0, 0.05) is 48.0 Å². The van der Waals surface area contributed by atoms with E-state index in [0.29, 0.717) is 30.8 Å². The lowest BCUT2D eigenvalue weighted by molar-refractivity contribution is 0.0766. The molecule has 4 heterocycles. The first-order valence-corrected chi connectivity index (χ1v) is 10.4. The van der Waals surface area contributed by atoms with Gasteiger partial charge in [0.1, 0.15) is 0 Å². The van der Waals surface area contributed by atoms with E-state index in [-0.39, 0.29) is 11.8 Å². The molecule has 1 aliphatic rings. The maximum absolute atomic E-state index is 13.5. The van der Waals surface area contributed by atoms with E-state index in [1.807, 2.05) is 55.5 Å². The van der Waals surface area contributed by atoms with Gasteiger partial charge in [0.2, 0.25) is 0 Å². The second-order valence-electron chi connectivity index (χ2n) is 8.10. The van der Waals surface area contributed by atoms with Crippen molar-refractivity contribution in [3.8, 4) is 11.3 Å². The fourth-order valence-corrected chi connectivity index (χ4v) is 4.25. The van der Waals surface area contributed by atoms with Crippen molar-refractivity contribution in [2.75, 3.05) is 13.1 Å². The second-order valence-corrected chi connectivity index (χ2v) is 8.10. The first kappa shape index (κ1) is 19.4. The molecule has 5 rings (SSSR count). The highest BCUT2D eigenvalue weighted by molar-refractivity contribution is 6.07. The third kappa shape index (κ3) is 3.80. The number of β-amino-alcohol motifs (C(OH)–C–C–N with tert-alkyl or cyclic N) is 1. The summed E-state index contributed by atoms with van der Waals surface area (Å²) < 4.78 is 0. The molecule has 2 atom stereocenters. The monoisotopic (exact) mass is 413 g/mol. The van der Waals surface area contributed by atoms with Crippen molar-refractivity contribution in [3.05, 3.63) is 77.9 Å². The Labute approximate surface area is 179 Å². The molecule has 0 spiro atoms.